The minimum absolute atomic E-state index is 0.0350. The van der Waals surface area contributed by atoms with Crippen molar-refractivity contribution in [1.29, 1.82) is 0 Å². The number of hydrogen-bond acceptors (Lipinski definition) is 4. The number of benzene rings is 1. The topological polar surface area (TPSA) is 83.7 Å². The van der Waals surface area contributed by atoms with Gasteiger partial charge in [-0.1, -0.05) is 32.0 Å². The molecule has 1 unspecified atom stereocenters. The van der Waals surface area contributed by atoms with Gasteiger partial charge in [0.1, 0.15) is 6.23 Å². The van der Waals surface area contributed by atoms with Crippen molar-refractivity contribution in [3.8, 4) is 0 Å². The number of para-hydroxylation sites is 1. The van der Waals surface area contributed by atoms with Gasteiger partial charge in [-0.3, -0.25) is 14.9 Å². The van der Waals surface area contributed by atoms with Crippen LogP contribution >= 0.6 is 0 Å². The molecule has 1 atom stereocenters. The molecule has 2 rings (SSSR count). The fourth-order valence-corrected chi connectivity index (χ4v) is 2.36. The third-order valence-electron chi connectivity index (χ3n) is 3.42. The monoisotopic (exact) mass is 264 g/mol. The molecule has 1 saturated heterocycles. The summed E-state index contributed by atoms with van der Waals surface area (Å²) in [4.78, 5) is 23.9. The third-order valence-corrected chi connectivity index (χ3v) is 3.42. The minimum atomic E-state index is -0.887. The van der Waals surface area contributed by atoms with Gasteiger partial charge in [0, 0.05) is 23.5 Å². The molecule has 1 fully saturated rings. The Labute approximate surface area is 110 Å². The molecule has 1 aliphatic heterocycles. The summed E-state index contributed by atoms with van der Waals surface area (Å²) in [5.41, 5.74) is -0.229. The van der Waals surface area contributed by atoms with Gasteiger partial charge < -0.3 is 10.0 Å². The first-order valence-electron chi connectivity index (χ1n) is 6.04. The van der Waals surface area contributed by atoms with Crippen molar-refractivity contribution in [2.24, 2.45) is 5.41 Å². The van der Waals surface area contributed by atoms with Gasteiger partial charge in [0.2, 0.25) is 5.91 Å². The third kappa shape index (κ3) is 2.44. The Hall–Kier alpha value is -1.95. The number of carbonyl (C=O) groups excluding carboxylic acids is 1. The van der Waals surface area contributed by atoms with E-state index < -0.39 is 16.6 Å². The van der Waals surface area contributed by atoms with Crippen molar-refractivity contribution in [3.63, 3.8) is 0 Å². The van der Waals surface area contributed by atoms with Crippen LogP contribution in [0.1, 0.15) is 25.8 Å². The van der Waals surface area contributed by atoms with E-state index in [-0.39, 0.29) is 18.1 Å². The van der Waals surface area contributed by atoms with Gasteiger partial charge in [0.25, 0.3) is 5.69 Å². The number of nitrogens with zero attached hydrogens (tertiary/aromatic N) is 2. The highest BCUT2D eigenvalue weighted by atomic mass is 16.6. The highest BCUT2D eigenvalue weighted by molar-refractivity contribution is 5.84. The van der Waals surface area contributed by atoms with Crippen molar-refractivity contribution in [1.82, 2.24) is 4.90 Å². The number of aliphatic hydroxyl groups excluding tert-OH is 1. The molecule has 102 valence electrons. The van der Waals surface area contributed by atoms with Gasteiger partial charge in [-0.15, -0.1) is 0 Å². The van der Waals surface area contributed by atoms with Crippen molar-refractivity contribution < 1.29 is 14.8 Å². The molecule has 19 heavy (non-hydrogen) atoms. The fourth-order valence-electron chi connectivity index (χ4n) is 2.36. The van der Waals surface area contributed by atoms with Crippen molar-refractivity contribution in [2.45, 2.75) is 33.0 Å². The van der Waals surface area contributed by atoms with Gasteiger partial charge in [0.15, 0.2) is 0 Å². The van der Waals surface area contributed by atoms with Crippen molar-refractivity contribution in [3.05, 3.63) is 39.9 Å². The molecule has 1 aromatic carbocycles. The first-order chi connectivity index (χ1) is 8.83. The largest absolute Gasteiger partial charge is 0.373 e. The zero-order chi connectivity index (χ0) is 14.2. The molecule has 0 radical (unpaired) electrons. The molecule has 0 spiro atoms. The molecule has 6 heteroatoms. The first kappa shape index (κ1) is 13.5. The number of hydrogen-bond donors (Lipinski definition) is 1. The molecule has 0 aliphatic carbocycles. The van der Waals surface area contributed by atoms with Crippen LogP contribution in [0.4, 0.5) is 5.69 Å². The second kappa shape index (κ2) is 4.62. The fraction of sp³-hybridized carbons (Fsp3) is 0.462. The average Bonchev–Trinajstić information content (AvgIpc) is 2.52. The maximum Gasteiger partial charge on any atom is 0.274 e. The van der Waals surface area contributed by atoms with Gasteiger partial charge in [-0.05, 0) is 0 Å². The van der Waals surface area contributed by atoms with Crippen LogP contribution in [0.3, 0.4) is 0 Å². The summed E-state index contributed by atoms with van der Waals surface area (Å²) in [7, 11) is 0. The number of aliphatic hydroxyl groups is 1. The second-order valence-electron chi connectivity index (χ2n) is 5.39. The zero-order valence-corrected chi connectivity index (χ0v) is 10.9. The summed E-state index contributed by atoms with van der Waals surface area (Å²) < 4.78 is 0. The molecule has 0 bridgehead atoms. The van der Waals surface area contributed by atoms with Gasteiger partial charge >= 0.3 is 0 Å². The van der Waals surface area contributed by atoms with Crippen LogP contribution < -0.4 is 0 Å². The lowest BCUT2D eigenvalue weighted by atomic mass is 9.92. The molecule has 1 N–H and O–H groups in total. The van der Waals surface area contributed by atoms with Crippen LogP contribution in [0.5, 0.6) is 0 Å². The van der Waals surface area contributed by atoms with Crippen LogP contribution in [0.25, 0.3) is 0 Å². The molecule has 1 aromatic rings. The molecule has 0 saturated carbocycles. The highest BCUT2D eigenvalue weighted by Crippen LogP contribution is 2.36. The number of amides is 1. The standard InChI is InChI=1S/C13H16N2O4/c1-13(2)7-11(16)14(12(13)17)8-9-5-3-4-6-10(9)15(18)19/h3-6,11,16H,7-8H2,1-2H3. The van der Waals surface area contributed by atoms with E-state index in [9.17, 15) is 20.0 Å². The summed E-state index contributed by atoms with van der Waals surface area (Å²) in [5, 5.41) is 20.8. The Bertz CT molecular complexity index is 527. The average molecular weight is 264 g/mol. The SMILES string of the molecule is CC1(C)CC(O)N(Cc2ccccc2[N+](=O)[O-])C1=O. The number of rotatable bonds is 3. The number of carbonyl (C=O) groups is 1. The molecular weight excluding hydrogens is 248 g/mol. The van der Waals surface area contributed by atoms with E-state index in [0.29, 0.717) is 12.0 Å². The summed E-state index contributed by atoms with van der Waals surface area (Å²) in [6.45, 7) is 3.58. The summed E-state index contributed by atoms with van der Waals surface area (Å²) in [6, 6.07) is 6.26. The first-order valence-corrected chi connectivity index (χ1v) is 6.04. The molecule has 1 amide bonds. The molecule has 1 heterocycles. The Kier molecular flexibility index (Phi) is 3.28. The van der Waals surface area contributed by atoms with Gasteiger partial charge in [0.05, 0.1) is 11.5 Å². The lowest BCUT2D eigenvalue weighted by Gasteiger charge is -2.21. The lowest BCUT2D eigenvalue weighted by molar-refractivity contribution is -0.385. The van der Waals surface area contributed by atoms with E-state index in [1.165, 1.54) is 11.0 Å². The number of likely N-dealkylation sites (tertiary alicyclic amines) is 1. The van der Waals surface area contributed by atoms with E-state index >= 15 is 0 Å². The maximum absolute atomic E-state index is 12.1. The predicted molar refractivity (Wildman–Crippen MR) is 68.1 cm³/mol. The Morgan fingerprint density at radius 1 is 1.47 bits per heavy atom. The second-order valence-corrected chi connectivity index (χ2v) is 5.39. The Morgan fingerprint density at radius 3 is 2.63 bits per heavy atom. The normalized spacial score (nSPS) is 21.7. The molecule has 1 aliphatic rings. The van der Waals surface area contributed by atoms with E-state index in [0.717, 1.165) is 0 Å². The minimum Gasteiger partial charge on any atom is -0.373 e. The number of nitro groups is 1. The van der Waals surface area contributed by atoms with E-state index in [2.05, 4.69) is 0 Å². The van der Waals surface area contributed by atoms with Crippen LogP contribution in [0, 0.1) is 15.5 Å². The van der Waals surface area contributed by atoms with E-state index in [1.807, 2.05) is 0 Å². The van der Waals surface area contributed by atoms with E-state index in [4.69, 9.17) is 0 Å². The van der Waals surface area contributed by atoms with Crippen LogP contribution in [-0.4, -0.2) is 27.1 Å². The maximum atomic E-state index is 12.1. The van der Waals surface area contributed by atoms with Gasteiger partial charge in [-0.2, -0.15) is 0 Å². The molecular formula is C13H16N2O4. The van der Waals surface area contributed by atoms with Crippen LogP contribution in [-0.2, 0) is 11.3 Å². The van der Waals surface area contributed by atoms with Crippen molar-refractivity contribution in [2.75, 3.05) is 0 Å². The van der Waals surface area contributed by atoms with Crippen LogP contribution in [0.15, 0.2) is 24.3 Å². The smallest absolute Gasteiger partial charge is 0.274 e. The Balaban J connectivity index is 2.27. The summed E-state index contributed by atoms with van der Waals surface area (Å²) in [6.07, 6.45) is -0.547. The summed E-state index contributed by atoms with van der Waals surface area (Å²) >= 11 is 0. The number of nitro benzene ring substituents is 1. The van der Waals surface area contributed by atoms with E-state index in [1.54, 1.807) is 32.0 Å². The predicted octanol–water partition coefficient (Wildman–Crippen LogP) is 1.67. The van der Waals surface area contributed by atoms with Crippen molar-refractivity contribution >= 4 is 11.6 Å². The molecule has 6 nitrogen and oxygen atoms in total. The van der Waals surface area contributed by atoms with Crippen LogP contribution in [0.2, 0.25) is 0 Å². The summed E-state index contributed by atoms with van der Waals surface area (Å²) in [5.74, 6) is -0.182. The lowest BCUT2D eigenvalue weighted by Crippen LogP contribution is -2.34. The van der Waals surface area contributed by atoms with Gasteiger partial charge in [-0.25, -0.2) is 0 Å². The Morgan fingerprint density at radius 2 is 2.11 bits per heavy atom. The zero-order valence-electron chi connectivity index (χ0n) is 10.9. The molecule has 0 aromatic heterocycles. The quantitative estimate of drug-likeness (QED) is 0.665. The highest BCUT2D eigenvalue weighted by Gasteiger charge is 2.44.